The van der Waals surface area contributed by atoms with Gasteiger partial charge in [-0.25, -0.2) is 9.59 Å². The van der Waals surface area contributed by atoms with Gasteiger partial charge in [0, 0.05) is 12.6 Å². The summed E-state index contributed by atoms with van der Waals surface area (Å²) in [5, 5.41) is 8.30. The summed E-state index contributed by atoms with van der Waals surface area (Å²) >= 11 is 0. The van der Waals surface area contributed by atoms with Crippen LogP contribution in [0, 0.1) is 0 Å². The average Bonchev–Trinajstić information content (AvgIpc) is 2.27. The van der Waals surface area contributed by atoms with Gasteiger partial charge >= 0.3 is 11.9 Å². The lowest BCUT2D eigenvalue weighted by Gasteiger charge is -2.16. The van der Waals surface area contributed by atoms with Gasteiger partial charge < -0.3 is 19.5 Å². The highest BCUT2D eigenvalue weighted by atomic mass is 16.5. The van der Waals surface area contributed by atoms with E-state index in [4.69, 9.17) is 9.84 Å². The van der Waals surface area contributed by atoms with Crippen molar-refractivity contribution in [2.75, 3.05) is 33.4 Å². The van der Waals surface area contributed by atoms with Gasteiger partial charge in [0.1, 0.15) is 19.8 Å². The third-order valence-electron chi connectivity index (χ3n) is 1.89. The maximum Gasteiger partial charge on any atom is 0.333 e. The number of ether oxygens (including phenoxy) is 2. The van der Waals surface area contributed by atoms with Crippen molar-refractivity contribution in [3.8, 4) is 0 Å². The molecule has 0 unspecified atom stereocenters. The molecular formula is C11H17NO6. The quantitative estimate of drug-likeness (QED) is 0.473. The first-order valence-corrected chi connectivity index (χ1v) is 5.20. The van der Waals surface area contributed by atoms with E-state index in [1.165, 1.54) is 18.9 Å². The van der Waals surface area contributed by atoms with Crippen LogP contribution in [-0.4, -0.2) is 61.3 Å². The number of likely N-dealkylation sites (N-methyl/N-ethyl adjacent to an activating group) is 1. The number of carboxylic acids is 1. The standard InChI is InChI=1S/C11H17NO6/c1-8(2)11(16)18-5-4-12(3)9(13)6-17-7-10(14)15/h1,4-7H2,2-3H3,(H,14,15). The summed E-state index contributed by atoms with van der Waals surface area (Å²) < 4.78 is 9.43. The molecule has 0 aliphatic carbocycles. The molecule has 0 rings (SSSR count). The van der Waals surface area contributed by atoms with Gasteiger partial charge in [-0.2, -0.15) is 0 Å². The van der Waals surface area contributed by atoms with Crippen molar-refractivity contribution in [2.45, 2.75) is 6.92 Å². The van der Waals surface area contributed by atoms with Crippen LogP contribution in [-0.2, 0) is 23.9 Å². The zero-order valence-electron chi connectivity index (χ0n) is 10.5. The SMILES string of the molecule is C=C(C)C(=O)OCCN(C)C(=O)COCC(=O)O. The number of carbonyl (C=O) groups excluding carboxylic acids is 2. The Balaban J connectivity index is 3.77. The number of esters is 1. The molecule has 0 heterocycles. The molecule has 0 saturated carbocycles. The fourth-order valence-electron chi connectivity index (χ4n) is 0.859. The van der Waals surface area contributed by atoms with Crippen LogP contribution in [0.2, 0.25) is 0 Å². The van der Waals surface area contributed by atoms with Crippen LogP contribution in [0.25, 0.3) is 0 Å². The van der Waals surface area contributed by atoms with Gasteiger partial charge in [-0.15, -0.1) is 0 Å². The molecule has 0 aliphatic heterocycles. The molecule has 0 aromatic heterocycles. The number of hydrogen-bond acceptors (Lipinski definition) is 5. The second kappa shape index (κ2) is 8.24. The fourth-order valence-corrected chi connectivity index (χ4v) is 0.859. The van der Waals surface area contributed by atoms with Crippen LogP contribution in [0.4, 0.5) is 0 Å². The smallest absolute Gasteiger partial charge is 0.333 e. The van der Waals surface area contributed by atoms with Crippen LogP contribution in [0.5, 0.6) is 0 Å². The Morgan fingerprint density at radius 3 is 2.39 bits per heavy atom. The lowest BCUT2D eigenvalue weighted by atomic mass is 10.4. The molecule has 0 radical (unpaired) electrons. The van der Waals surface area contributed by atoms with Crippen LogP contribution in [0.15, 0.2) is 12.2 Å². The molecule has 102 valence electrons. The van der Waals surface area contributed by atoms with E-state index in [1.54, 1.807) is 0 Å². The molecular weight excluding hydrogens is 242 g/mol. The Morgan fingerprint density at radius 2 is 1.89 bits per heavy atom. The van der Waals surface area contributed by atoms with E-state index in [0.29, 0.717) is 0 Å². The topological polar surface area (TPSA) is 93.1 Å². The molecule has 7 nitrogen and oxygen atoms in total. The minimum absolute atomic E-state index is 0.0485. The minimum Gasteiger partial charge on any atom is -0.480 e. The zero-order chi connectivity index (χ0) is 14.1. The van der Waals surface area contributed by atoms with Gasteiger partial charge in [0.15, 0.2) is 0 Å². The van der Waals surface area contributed by atoms with Crippen molar-refractivity contribution >= 4 is 17.8 Å². The van der Waals surface area contributed by atoms with Crippen molar-refractivity contribution in [3.63, 3.8) is 0 Å². The molecule has 1 amide bonds. The molecule has 0 aliphatic rings. The highest BCUT2D eigenvalue weighted by molar-refractivity contribution is 5.86. The third kappa shape index (κ3) is 7.39. The van der Waals surface area contributed by atoms with Crippen LogP contribution in [0.1, 0.15) is 6.92 Å². The van der Waals surface area contributed by atoms with E-state index in [9.17, 15) is 14.4 Å². The van der Waals surface area contributed by atoms with Gasteiger partial charge in [-0.05, 0) is 6.92 Å². The van der Waals surface area contributed by atoms with E-state index >= 15 is 0 Å². The zero-order valence-corrected chi connectivity index (χ0v) is 10.5. The summed E-state index contributed by atoms with van der Waals surface area (Å²) in [5.41, 5.74) is 0.286. The van der Waals surface area contributed by atoms with Crippen LogP contribution < -0.4 is 0 Å². The summed E-state index contributed by atoms with van der Waals surface area (Å²) in [4.78, 5) is 33.8. The van der Waals surface area contributed by atoms with Crippen LogP contribution in [0.3, 0.4) is 0 Å². The molecule has 0 aromatic carbocycles. The van der Waals surface area contributed by atoms with Crippen LogP contribution >= 0.6 is 0 Å². The first kappa shape index (κ1) is 16.1. The Morgan fingerprint density at radius 1 is 1.28 bits per heavy atom. The molecule has 18 heavy (non-hydrogen) atoms. The third-order valence-corrected chi connectivity index (χ3v) is 1.89. The van der Waals surface area contributed by atoms with E-state index in [1.807, 2.05) is 0 Å². The Labute approximate surface area is 105 Å². The van der Waals surface area contributed by atoms with E-state index in [-0.39, 0.29) is 31.2 Å². The minimum atomic E-state index is -1.14. The van der Waals surface area contributed by atoms with Crippen molar-refractivity contribution < 1.29 is 29.0 Å². The molecule has 0 aromatic rings. The van der Waals surface area contributed by atoms with Gasteiger partial charge in [0.05, 0.1) is 6.54 Å². The molecule has 0 saturated heterocycles. The number of carboxylic acid groups (broad SMARTS) is 1. The van der Waals surface area contributed by atoms with E-state index in [2.05, 4.69) is 11.3 Å². The van der Waals surface area contributed by atoms with Gasteiger partial charge in [-0.1, -0.05) is 6.58 Å². The Bertz CT molecular complexity index is 338. The lowest BCUT2D eigenvalue weighted by Crippen LogP contribution is -2.34. The summed E-state index contributed by atoms with van der Waals surface area (Å²) in [6, 6.07) is 0. The molecule has 0 bridgehead atoms. The summed E-state index contributed by atoms with van der Waals surface area (Å²) in [5.74, 6) is -2.04. The first-order valence-electron chi connectivity index (χ1n) is 5.20. The van der Waals surface area contributed by atoms with E-state index < -0.39 is 18.5 Å². The van der Waals surface area contributed by atoms with Gasteiger partial charge in [0.25, 0.3) is 0 Å². The predicted molar refractivity (Wildman–Crippen MR) is 61.9 cm³/mol. The normalized spacial score (nSPS) is 9.67. The number of carbonyl (C=O) groups is 3. The van der Waals surface area contributed by atoms with Crippen molar-refractivity contribution in [2.24, 2.45) is 0 Å². The lowest BCUT2D eigenvalue weighted by molar-refractivity contribution is -0.147. The Kier molecular flexibility index (Phi) is 7.37. The van der Waals surface area contributed by atoms with Gasteiger partial charge in [-0.3, -0.25) is 4.79 Å². The number of aliphatic carboxylic acids is 1. The largest absolute Gasteiger partial charge is 0.480 e. The van der Waals surface area contributed by atoms with Crippen molar-refractivity contribution in [1.82, 2.24) is 4.90 Å². The maximum atomic E-state index is 11.4. The number of amides is 1. The summed E-state index contributed by atoms with van der Waals surface area (Å²) in [6.45, 7) is 4.34. The predicted octanol–water partition coefficient (Wildman–Crippen LogP) is -0.335. The van der Waals surface area contributed by atoms with Crippen molar-refractivity contribution in [1.29, 1.82) is 0 Å². The number of hydrogen-bond donors (Lipinski definition) is 1. The van der Waals surface area contributed by atoms with Gasteiger partial charge in [0.2, 0.25) is 5.91 Å². The number of nitrogens with zero attached hydrogens (tertiary/aromatic N) is 1. The Hall–Kier alpha value is -1.89. The van der Waals surface area contributed by atoms with Crippen molar-refractivity contribution in [3.05, 3.63) is 12.2 Å². The molecule has 0 atom stereocenters. The maximum absolute atomic E-state index is 11.4. The second-order valence-corrected chi connectivity index (χ2v) is 3.62. The first-order chi connectivity index (χ1) is 8.34. The number of rotatable bonds is 8. The summed E-state index contributed by atoms with van der Waals surface area (Å²) in [7, 11) is 1.50. The average molecular weight is 259 g/mol. The monoisotopic (exact) mass is 259 g/mol. The molecule has 0 spiro atoms. The second-order valence-electron chi connectivity index (χ2n) is 3.62. The molecule has 7 heteroatoms. The van der Waals surface area contributed by atoms with E-state index in [0.717, 1.165) is 0 Å². The molecule has 1 N–H and O–H groups in total. The summed E-state index contributed by atoms with van der Waals surface area (Å²) in [6.07, 6.45) is 0. The molecule has 0 fully saturated rings. The highest BCUT2D eigenvalue weighted by Crippen LogP contribution is 1.93. The fraction of sp³-hybridized carbons (Fsp3) is 0.545. The highest BCUT2D eigenvalue weighted by Gasteiger charge is 2.10.